The highest BCUT2D eigenvalue weighted by atomic mass is 16.8. The lowest BCUT2D eigenvalue weighted by Crippen LogP contribution is -2.61. The third-order valence-electron chi connectivity index (χ3n) is 8.14. The van der Waals surface area contributed by atoms with Crippen molar-refractivity contribution in [3.05, 3.63) is 53.3 Å². The van der Waals surface area contributed by atoms with Crippen LogP contribution in [-0.4, -0.2) is 111 Å². The van der Waals surface area contributed by atoms with Crippen LogP contribution in [0.25, 0.3) is 0 Å². The molecule has 216 valence electrons. The normalized spacial score (nSPS) is 42.2. The first kappa shape index (κ1) is 27.1. The Morgan fingerprint density at radius 2 is 1.80 bits per heavy atom. The molecule has 14 nitrogen and oxygen atoms in total. The van der Waals surface area contributed by atoms with Gasteiger partial charge in [-0.05, 0) is 23.8 Å². The van der Waals surface area contributed by atoms with Gasteiger partial charge >= 0.3 is 11.9 Å². The molecule has 1 spiro atoms. The van der Waals surface area contributed by atoms with Crippen LogP contribution < -0.4 is 0 Å². The molecule has 6 N–H and O–H groups in total. The lowest BCUT2D eigenvalue weighted by atomic mass is 9.78. The van der Waals surface area contributed by atoms with E-state index in [4.69, 9.17) is 28.4 Å². The molecule has 40 heavy (non-hydrogen) atoms. The Morgan fingerprint density at radius 1 is 1.07 bits per heavy atom. The number of aliphatic hydroxyl groups is 5. The predicted octanol–water partition coefficient (Wildman–Crippen LogP) is -2.11. The number of esters is 2. The van der Waals surface area contributed by atoms with Gasteiger partial charge in [0.25, 0.3) is 0 Å². The van der Waals surface area contributed by atoms with Crippen LogP contribution in [0.5, 0.6) is 5.75 Å². The Hall–Kier alpha value is -3.08. The number of epoxide rings is 1. The molecule has 1 unspecified atom stereocenters. The molecule has 4 aliphatic heterocycles. The van der Waals surface area contributed by atoms with Crippen LogP contribution in [0.2, 0.25) is 0 Å². The second kappa shape index (κ2) is 9.78. The molecule has 1 aromatic carbocycles. The van der Waals surface area contributed by atoms with Crippen molar-refractivity contribution in [3.63, 3.8) is 0 Å². The van der Waals surface area contributed by atoms with Crippen molar-refractivity contribution in [3.8, 4) is 5.75 Å². The van der Waals surface area contributed by atoms with Crippen LogP contribution in [0.15, 0.2) is 47.7 Å². The van der Waals surface area contributed by atoms with Crippen molar-refractivity contribution in [2.24, 2.45) is 11.8 Å². The Balaban J connectivity index is 1.36. The van der Waals surface area contributed by atoms with E-state index in [-0.39, 0.29) is 16.9 Å². The minimum Gasteiger partial charge on any atom is -0.508 e. The van der Waals surface area contributed by atoms with Crippen molar-refractivity contribution in [2.75, 3.05) is 13.7 Å². The largest absolute Gasteiger partial charge is 0.508 e. The minimum atomic E-state index is -1.75. The topological polar surface area (TPSA) is 214 Å². The minimum absolute atomic E-state index is 0.0297. The van der Waals surface area contributed by atoms with Gasteiger partial charge in [0.2, 0.25) is 6.29 Å². The summed E-state index contributed by atoms with van der Waals surface area (Å²) in [6, 6.07) is 5.60. The third kappa shape index (κ3) is 4.02. The van der Waals surface area contributed by atoms with Gasteiger partial charge in [-0.15, -0.1) is 0 Å². The van der Waals surface area contributed by atoms with E-state index in [0.717, 1.165) is 6.26 Å². The van der Waals surface area contributed by atoms with E-state index < -0.39 is 91.3 Å². The number of carbonyl (C=O) groups is 2. The number of aliphatic hydroxyl groups excluding tert-OH is 5. The predicted molar refractivity (Wildman–Crippen MR) is 125 cm³/mol. The van der Waals surface area contributed by atoms with E-state index in [0.29, 0.717) is 5.56 Å². The summed E-state index contributed by atoms with van der Waals surface area (Å²) in [5.74, 6) is -3.34. The Labute approximate surface area is 226 Å². The fourth-order valence-corrected chi connectivity index (χ4v) is 6.10. The van der Waals surface area contributed by atoms with Gasteiger partial charge in [-0.1, -0.05) is 12.1 Å². The highest BCUT2D eigenvalue weighted by Gasteiger charge is 2.78. The van der Waals surface area contributed by atoms with Crippen molar-refractivity contribution in [1.82, 2.24) is 0 Å². The molecule has 0 bridgehead atoms. The van der Waals surface area contributed by atoms with Crippen LogP contribution in [0, 0.1) is 11.8 Å². The number of methoxy groups -OCH3 is 1. The van der Waals surface area contributed by atoms with E-state index >= 15 is 0 Å². The third-order valence-corrected chi connectivity index (χ3v) is 8.14. The van der Waals surface area contributed by atoms with Crippen molar-refractivity contribution in [2.45, 2.75) is 60.9 Å². The monoisotopic (exact) mass is 564 g/mol. The van der Waals surface area contributed by atoms with Crippen LogP contribution >= 0.6 is 0 Å². The zero-order chi connectivity index (χ0) is 28.5. The standard InChI is InChI=1S/C26H28O14/c1-35-22(33)12-8-36-24(39-25-19(32)18(31)17(30)13(7-27)37-25)15-14(12)20-21(38-20)26(15)6-11(23(34)40-26)16(29)9-2-4-10(28)5-3-9/h2-6,8,13-21,24-25,27-32H,7H2,1H3/t13-,14-,15-,16?,17-,18+,19-,20+,21+,24-,25+,26-/m1/s1. The molecule has 3 fully saturated rings. The average molecular weight is 564 g/mol. The number of phenolic OH excluding ortho intramolecular Hbond substituents is 1. The zero-order valence-corrected chi connectivity index (χ0v) is 21.0. The summed E-state index contributed by atoms with van der Waals surface area (Å²) in [7, 11) is 1.19. The van der Waals surface area contributed by atoms with Crippen LogP contribution in [-0.2, 0) is 38.0 Å². The summed E-state index contributed by atoms with van der Waals surface area (Å²) in [6.07, 6.45) is -9.54. The van der Waals surface area contributed by atoms with Crippen molar-refractivity contribution < 1.29 is 68.6 Å². The highest BCUT2D eigenvalue weighted by molar-refractivity contribution is 5.94. The SMILES string of the molecule is COC(=O)C1=CO[C@H](O[C@@H]2O[C@H](CO)[C@@H](O)[C@H](O)[C@H]2O)[C@H]2[C@@H]1[C@@H]1O[C@@H]1[C@@]21C=C(C(O)c2ccc(O)cc2)C(=O)O1. The Morgan fingerprint density at radius 3 is 2.48 bits per heavy atom. The molecule has 0 radical (unpaired) electrons. The molecule has 2 saturated heterocycles. The first-order valence-electron chi connectivity index (χ1n) is 12.6. The maximum absolute atomic E-state index is 13.1. The summed E-state index contributed by atoms with van der Waals surface area (Å²) >= 11 is 0. The van der Waals surface area contributed by atoms with Gasteiger partial charge in [0.1, 0.15) is 42.4 Å². The summed E-state index contributed by atoms with van der Waals surface area (Å²) < 4.78 is 33.7. The van der Waals surface area contributed by atoms with Gasteiger partial charge in [-0.25, -0.2) is 9.59 Å². The van der Waals surface area contributed by atoms with Crippen molar-refractivity contribution >= 4 is 11.9 Å². The molecule has 14 heteroatoms. The molecule has 1 saturated carbocycles. The lowest BCUT2D eigenvalue weighted by molar-refractivity contribution is -0.347. The van der Waals surface area contributed by atoms with E-state index in [1.54, 1.807) is 0 Å². The van der Waals surface area contributed by atoms with Crippen molar-refractivity contribution in [1.29, 1.82) is 0 Å². The molecule has 0 amide bonds. The van der Waals surface area contributed by atoms with Crippen LogP contribution in [0.3, 0.4) is 0 Å². The quantitative estimate of drug-likeness (QED) is 0.161. The molecule has 6 rings (SSSR count). The number of phenols is 1. The number of fused-ring (bicyclic) bond motifs is 5. The van der Waals surface area contributed by atoms with Gasteiger partial charge in [0.15, 0.2) is 11.9 Å². The number of ether oxygens (including phenoxy) is 6. The second-order valence-corrected chi connectivity index (χ2v) is 10.3. The van der Waals surface area contributed by atoms with Gasteiger partial charge in [0.05, 0.1) is 43.1 Å². The summed E-state index contributed by atoms with van der Waals surface area (Å²) in [5, 5.41) is 61.0. The molecular weight excluding hydrogens is 536 g/mol. The van der Waals surface area contributed by atoms with Gasteiger partial charge in [0, 0.05) is 5.92 Å². The molecule has 4 heterocycles. The highest BCUT2D eigenvalue weighted by Crippen LogP contribution is 2.63. The lowest BCUT2D eigenvalue weighted by Gasteiger charge is -2.45. The fourth-order valence-electron chi connectivity index (χ4n) is 6.10. The fraction of sp³-hybridized carbons (Fsp3) is 0.538. The van der Waals surface area contributed by atoms with Crippen LogP contribution in [0.4, 0.5) is 0 Å². The molecule has 1 aromatic rings. The van der Waals surface area contributed by atoms with E-state index in [2.05, 4.69) is 0 Å². The van der Waals surface area contributed by atoms with Gasteiger partial charge < -0.3 is 59.1 Å². The van der Waals surface area contributed by atoms with Crippen LogP contribution in [0.1, 0.15) is 11.7 Å². The summed E-state index contributed by atoms with van der Waals surface area (Å²) in [5.41, 5.74) is -1.29. The molecule has 0 aromatic heterocycles. The molecule has 12 atom stereocenters. The second-order valence-electron chi connectivity index (χ2n) is 10.3. The smallest absolute Gasteiger partial charge is 0.337 e. The first-order chi connectivity index (χ1) is 19.1. The number of rotatable bonds is 6. The van der Waals surface area contributed by atoms with Gasteiger partial charge in [-0.3, -0.25) is 0 Å². The number of hydrogen-bond donors (Lipinski definition) is 6. The number of aromatic hydroxyl groups is 1. The average Bonchev–Trinajstić information content (AvgIpc) is 3.62. The molecule has 5 aliphatic rings. The number of carbonyl (C=O) groups excluding carboxylic acids is 2. The summed E-state index contributed by atoms with van der Waals surface area (Å²) in [4.78, 5) is 25.8. The number of hydrogen-bond acceptors (Lipinski definition) is 14. The van der Waals surface area contributed by atoms with Gasteiger partial charge in [-0.2, -0.15) is 0 Å². The maximum atomic E-state index is 13.1. The molecular formula is C26H28O14. The zero-order valence-electron chi connectivity index (χ0n) is 21.0. The number of benzene rings is 1. The van der Waals surface area contributed by atoms with E-state index in [1.165, 1.54) is 37.5 Å². The summed E-state index contributed by atoms with van der Waals surface area (Å²) in [6.45, 7) is -0.685. The van der Waals surface area contributed by atoms with E-state index in [1.807, 2.05) is 0 Å². The first-order valence-corrected chi connectivity index (χ1v) is 12.6. The Kier molecular flexibility index (Phi) is 6.63. The molecule has 1 aliphatic carbocycles. The maximum Gasteiger partial charge on any atom is 0.337 e. The Bertz CT molecular complexity index is 1240. The van der Waals surface area contributed by atoms with E-state index in [9.17, 15) is 40.2 Å².